The fourth-order valence-corrected chi connectivity index (χ4v) is 5.70. The zero-order valence-corrected chi connectivity index (χ0v) is 22.9. The van der Waals surface area contributed by atoms with Gasteiger partial charge in [-0.3, -0.25) is 14.7 Å². The molecule has 0 aromatic heterocycles. The van der Waals surface area contributed by atoms with Gasteiger partial charge in [0.1, 0.15) is 5.75 Å². The summed E-state index contributed by atoms with van der Waals surface area (Å²) in [5, 5.41) is 1.12. The van der Waals surface area contributed by atoms with Crippen LogP contribution >= 0.6 is 35.1 Å². The molecule has 1 N–H and O–H groups in total. The third kappa shape index (κ3) is 6.07. The van der Waals surface area contributed by atoms with Crippen molar-refractivity contribution < 1.29 is 9.53 Å². The molecule has 5 rings (SSSR count). The van der Waals surface area contributed by atoms with Gasteiger partial charge in [0.05, 0.1) is 33.3 Å². The summed E-state index contributed by atoms with van der Waals surface area (Å²) in [6.45, 7) is 3.65. The Morgan fingerprint density at radius 2 is 1.89 bits per heavy atom. The highest BCUT2D eigenvalue weighted by Gasteiger charge is 2.25. The van der Waals surface area contributed by atoms with Gasteiger partial charge in [0.25, 0.3) is 5.91 Å². The average Bonchev–Trinajstić information content (AvgIpc) is 2.93. The summed E-state index contributed by atoms with van der Waals surface area (Å²) < 4.78 is 8.99. The first-order valence-corrected chi connectivity index (χ1v) is 13.8. The molecule has 6 nitrogen and oxygen atoms in total. The van der Waals surface area contributed by atoms with E-state index in [1.807, 2.05) is 47.5 Å². The quantitative estimate of drug-likeness (QED) is 0.328. The zero-order chi connectivity index (χ0) is 25.8. The van der Waals surface area contributed by atoms with Crippen molar-refractivity contribution in [1.82, 2.24) is 9.80 Å². The lowest BCUT2D eigenvalue weighted by atomic mass is 10.1. The molecule has 1 saturated heterocycles. The van der Waals surface area contributed by atoms with E-state index in [-0.39, 0.29) is 5.91 Å². The van der Waals surface area contributed by atoms with Crippen molar-refractivity contribution in [3.05, 3.63) is 81.3 Å². The molecule has 3 aromatic rings. The molecular formula is C28H28Cl2N4O2S. The summed E-state index contributed by atoms with van der Waals surface area (Å²) in [4.78, 5) is 23.2. The minimum atomic E-state index is -0.0169. The molecule has 192 valence electrons. The van der Waals surface area contributed by atoms with E-state index in [0.717, 1.165) is 54.3 Å². The third-order valence-electron chi connectivity index (χ3n) is 6.61. The molecule has 2 heterocycles. The molecule has 1 fully saturated rings. The lowest BCUT2D eigenvalue weighted by molar-refractivity contribution is 0.0625. The first kappa shape index (κ1) is 25.9. The Bertz CT molecular complexity index is 1330. The van der Waals surface area contributed by atoms with Crippen LogP contribution in [0, 0.1) is 0 Å². The molecule has 1 amide bonds. The standard InChI is InChI=1S/C28H28Cl2N4O2S/c1-36-25-17-21(32-37-26-6-2-4-20-5-3-11-31-27(20)26)8-9-22(25)28(35)34-14-12-33(13-15-34)18-19-7-10-23(29)24(30)16-19/h2,4,6-11,16-17,32H,3,5,12-15,18H2,1H3. The van der Waals surface area contributed by atoms with Crippen LogP contribution in [0.3, 0.4) is 0 Å². The lowest BCUT2D eigenvalue weighted by Crippen LogP contribution is -2.48. The number of amides is 1. The van der Waals surface area contributed by atoms with E-state index in [1.54, 1.807) is 7.11 Å². The highest BCUT2D eigenvalue weighted by Crippen LogP contribution is 2.36. The Hall–Kier alpha value is -2.71. The molecule has 37 heavy (non-hydrogen) atoms. The topological polar surface area (TPSA) is 57.2 Å². The van der Waals surface area contributed by atoms with Crippen LogP contribution in [0.25, 0.3) is 0 Å². The minimum Gasteiger partial charge on any atom is -0.496 e. The van der Waals surface area contributed by atoms with E-state index >= 15 is 0 Å². The number of nitrogens with one attached hydrogen (secondary N) is 1. The molecule has 0 radical (unpaired) electrons. The first-order chi connectivity index (χ1) is 18.0. The summed E-state index contributed by atoms with van der Waals surface area (Å²) in [5.74, 6) is 0.540. The van der Waals surface area contributed by atoms with Crippen molar-refractivity contribution in [2.24, 2.45) is 4.99 Å². The number of anilines is 1. The zero-order valence-electron chi connectivity index (χ0n) is 20.5. The maximum absolute atomic E-state index is 13.3. The van der Waals surface area contributed by atoms with Crippen LogP contribution in [0.2, 0.25) is 10.0 Å². The van der Waals surface area contributed by atoms with E-state index in [1.165, 1.54) is 17.5 Å². The summed E-state index contributed by atoms with van der Waals surface area (Å²) >= 11 is 13.7. The van der Waals surface area contributed by atoms with Crippen LogP contribution in [0.15, 0.2) is 64.5 Å². The Balaban J connectivity index is 1.20. The second kappa shape index (κ2) is 11.8. The number of piperazine rings is 1. The van der Waals surface area contributed by atoms with Gasteiger partial charge in [-0.15, -0.1) is 0 Å². The van der Waals surface area contributed by atoms with Gasteiger partial charge in [-0.25, -0.2) is 0 Å². The smallest absolute Gasteiger partial charge is 0.257 e. The first-order valence-electron chi connectivity index (χ1n) is 12.2. The fraction of sp³-hybridized carbons (Fsp3) is 0.286. The molecule has 0 aliphatic carbocycles. The molecule has 0 unspecified atom stereocenters. The summed E-state index contributed by atoms with van der Waals surface area (Å²) in [6, 6.07) is 17.6. The van der Waals surface area contributed by atoms with Gasteiger partial charge in [0.15, 0.2) is 0 Å². The van der Waals surface area contributed by atoms with Crippen molar-refractivity contribution in [2.75, 3.05) is 38.0 Å². The maximum atomic E-state index is 13.3. The molecule has 3 aromatic carbocycles. The molecule has 9 heteroatoms. The number of ether oxygens (including phenoxy) is 1. The van der Waals surface area contributed by atoms with Crippen LogP contribution in [0.5, 0.6) is 5.75 Å². The van der Waals surface area contributed by atoms with Gasteiger partial charge in [-0.05, 0) is 66.2 Å². The number of fused-ring (bicyclic) bond motifs is 1. The van der Waals surface area contributed by atoms with Gasteiger partial charge < -0.3 is 14.4 Å². The van der Waals surface area contributed by atoms with Gasteiger partial charge in [-0.2, -0.15) is 0 Å². The molecule has 2 aliphatic heterocycles. The number of carbonyl (C=O) groups is 1. The van der Waals surface area contributed by atoms with E-state index in [9.17, 15) is 4.79 Å². The Kier molecular flexibility index (Phi) is 8.25. The fourth-order valence-electron chi connectivity index (χ4n) is 4.60. The second-order valence-electron chi connectivity index (χ2n) is 9.05. The number of nitrogens with zero attached hydrogens (tertiary/aromatic N) is 3. The number of benzene rings is 3. The van der Waals surface area contributed by atoms with Gasteiger partial charge in [0.2, 0.25) is 0 Å². The van der Waals surface area contributed by atoms with Crippen LogP contribution in [0.4, 0.5) is 11.4 Å². The van der Waals surface area contributed by atoms with E-state index in [4.69, 9.17) is 27.9 Å². The number of aliphatic imine (C=N–C) groups is 1. The average molecular weight is 556 g/mol. The summed E-state index contributed by atoms with van der Waals surface area (Å²) in [6.07, 6.45) is 3.97. The van der Waals surface area contributed by atoms with E-state index in [2.05, 4.69) is 32.8 Å². The Labute approximate surface area is 231 Å². The third-order valence-corrected chi connectivity index (χ3v) is 8.23. The monoisotopic (exact) mass is 554 g/mol. The van der Waals surface area contributed by atoms with Crippen LogP contribution in [-0.2, 0) is 13.0 Å². The molecular weight excluding hydrogens is 527 g/mol. The molecule has 0 bridgehead atoms. The van der Waals surface area contributed by atoms with Gasteiger partial charge >= 0.3 is 0 Å². The number of halogens is 2. The summed E-state index contributed by atoms with van der Waals surface area (Å²) in [5.41, 5.74) is 4.84. The number of aryl methyl sites for hydroxylation is 1. The predicted octanol–water partition coefficient (Wildman–Crippen LogP) is 6.73. The summed E-state index contributed by atoms with van der Waals surface area (Å²) in [7, 11) is 1.60. The van der Waals surface area contributed by atoms with Crippen molar-refractivity contribution in [3.8, 4) is 5.75 Å². The highest BCUT2D eigenvalue weighted by molar-refractivity contribution is 8.00. The molecule has 0 saturated carbocycles. The number of hydrogen-bond acceptors (Lipinski definition) is 6. The van der Waals surface area contributed by atoms with Crippen LogP contribution in [0.1, 0.15) is 27.9 Å². The number of carbonyl (C=O) groups excluding carboxylic acids is 1. The normalized spacial score (nSPS) is 15.4. The molecule has 2 aliphatic rings. The highest BCUT2D eigenvalue weighted by atomic mass is 35.5. The van der Waals surface area contributed by atoms with Gasteiger partial charge in [-0.1, -0.05) is 41.4 Å². The molecule has 0 spiro atoms. The minimum absolute atomic E-state index is 0.0169. The number of methoxy groups -OCH3 is 1. The lowest BCUT2D eigenvalue weighted by Gasteiger charge is -2.35. The van der Waals surface area contributed by atoms with E-state index < -0.39 is 0 Å². The van der Waals surface area contributed by atoms with Crippen molar-refractivity contribution in [1.29, 1.82) is 0 Å². The van der Waals surface area contributed by atoms with Gasteiger partial charge in [0, 0.05) is 50.7 Å². The maximum Gasteiger partial charge on any atom is 0.257 e. The van der Waals surface area contributed by atoms with Crippen molar-refractivity contribution in [2.45, 2.75) is 24.3 Å². The van der Waals surface area contributed by atoms with Crippen LogP contribution < -0.4 is 9.46 Å². The second-order valence-corrected chi connectivity index (χ2v) is 10.7. The number of para-hydroxylation sites is 1. The largest absolute Gasteiger partial charge is 0.496 e. The van der Waals surface area contributed by atoms with Crippen LogP contribution in [-0.4, -0.2) is 55.2 Å². The van der Waals surface area contributed by atoms with Crippen molar-refractivity contribution in [3.63, 3.8) is 0 Å². The van der Waals surface area contributed by atoms with Crippen molar-refractivity contribution >= 4 is 58.6 Å². The molecule has 0 atom stereocenters. The predicted molar refractivity (Wildman–Crippen MR) is 153 cm³/mol. The Morgan fingerprint density at radius 3 is 2.68 bits per heavy atom. The number of hydrogen-bond donors (Lipinski definition) is 1. The number of rotatable bonds is 7. The Morgan fingerprint density at radius 1 is 1.05 bits per heavy atom. The SMILES string of the molecule is COc1cc(NSc2cccc3c2N=CCC3)ccc1C(=O)N1CCN(Cc2ccc(Cl)c(Cl)c2)CC1. The van der Waals surface area contributed by atoms with E-state index in [0.29, 0.717) is 34.4 Å².